The molecule has 350 valence electrons. The summed E-state index contributed by atoms with van der Waals surface area (Å²) in [6.07, 6.45) is 9.76. The molecule has 0 spiro atoms. The fourth-order valence-corrected chi connectivity index (χ4v) is 10.4. The Balaban J connectivity index is 1.19. The van der Waals surface area contributed by atoms with Crippen LogP contribution in [0.4, 0.5) is 0 Å². The molecular weight excluding hydrogens is 819 g/mol. The van der Waals surface area contributed by atoms with E-state index in [0.717, 1.165) is 55.2 Å². The Kier molecular flexibility index (Phi) is 15.2. The molecule has 8 unspecified atom stereocenters. The van der Waals surface area contributed by atoms with Gasteiger partial charge in [0.1, 0.15) is 47.2 Å². The summed E-state index contributed by atoms with van der Waals surface area (Å²) < 4.78 is 25.8. The van der Waals surface area contributed by atoms with Crippen LogP contribution < -0.4 is 5.32 Å². The van der Waals surface area contributed by atoms with E-state index in [0.29, 0.717) is 32.1 Å². The second-order valence-electron chi connectivity index (χ2n) is 19.3. The first kappa shape index (κ1) is 47.6. The van der Waals surface area contributed by atoms with Gasteiger partial charge in [-0.25, -0.2) is 0 Å². The molecule has 0 aromatic heterocycles. The van der Waals surface area contributed by atoms with Crippen molar-refractivity contribution in [3.8, 4) is 5.75 Å². The van der Waals surface area contributed by atoms with Crippen LogP contribution in [0.3, 0.4) is 0 Å². The Morgan fingerprint density at radius 3 is 2.34 bits per heavy atom. The number of carbonyl (C=O) groups excluding carboxylic acids is 4. The molecule has 1 saturated carbocycles. The van der Waals surface area contributed by atoms with Gasteiger partial charge in [0.15, 0.2) is 11.8 Å². The molecule has 14 heteroatoms. The molecule has 4 heterocycles. The predicted octanol–water partition coefficient (Wildman–Crippen LogP) is 6.68. The summed E-state index contributed by atoms with van der Waals surface area (Å²) in [5.74, 6) is -2.53. The van der Waals surface area contributed by atoms with Crippen LogP contribution in [-0.4, -0.2) is 111 Å². The van der Waals surface area contributed by atoms with Crippen LogP contribution in [0.5, 0.6) is 5.75 Å². The van der Waals surface area contributed by atoms with E-state index in [-0.39, 0.29) is 44.0 Å². The lowest BCUT2D eigenvalue weighted by Gasteiger charge is -2.50. The molecule has 2 amide bonds. The number of ether oxygens (including phenoxy) is 4. The lowest BCUT2D eigenvalue weighted by Crippen LogP contribution is -2.70. The number of aliphatic hydroxyl groups is 1. The average molecular weight is 888 g/mol. The molecule has 2 aromatic carbocycles. The summed E-state index contributed by atoms with van der Waals surface area (Å²) in [5.41, 5.74) is 0.375. The topological polar surface area (TPSA) is 173 Å². The van der Waals surface area contributed by atoms with Crippen molar-refractivity contribution in [1.29, 1.82) is 0 Å². The van der Waals surface area contributed by atoms with Crippen LogP contribution in [0, 0.1) is 5.41 Å². The fourth-order valence-electron chi connectivity index (χ4n) is 10.4. The number of hydrogen-bond acceptors (Lipinski definition) is 12. The number of aromatic hydroxyl groups is 1. The number of phenolic OH excluding ortho intramolecular Hbond substituents is 1. The second kappa shape index (κ2) is 20.4. The SMILES string of the molecule is CCCCCC1(CCCCC)OC2C3CC4(C(=O)N5CCCC5C(=O)NC(CO)CCC(=O)OC(C)(C)C)C(ON(Cc5ccccc5C=CCc5ccccc5O)C4C(=O)O3)C2O1. The molecule has 0 radical (unpaired) electrons. The maximum atomic E-state index is 15.7. The normalized spacial score (nSPS) is 27.7. The molecule has 4 saturated heterocycles. The van der Waals surface area contributed by atoms with Crippen LogP contribution in [0.2, 0.25) is 0 Å². The van der Waals surface area contributed by atoms with Gasteiger partial charge in [0.2, 0.25) is 11.8 Å². The molecule has 3 N–H and O–H groups in total. The van der Waals surface area contributed by atoms with E-state index in [1.165, 1.54) is 0 Å². The van der Waals surface area contributed by atoms with Gasteiger partial charge in [-0.1, -0.05) is 94.1 Å². The molecule has 2 aromatic rings. The Hall–Kier alpha value is -4.34. The van der Waals surface area contributed by atoms with E-state index in [1.54, 1.807) is 42.9 Å². The number of rotatable bonds is 20. The van der Waals surface area contributed by atoms with Crippen LogP contribution in [0.25, 0.3) is 6.08 Å². The first-order valence-electron chi connectivity index (χ1n) is 23.7. The number of carbonyl (C=O) groups is 4. The molecule has 2 bridgehead atoms. The summed E-state index contributed by atoms with van der Waals surface area (Å²) in [6, 6.07) is 12.2. The van der Waals surface area contributed by atoms with Crippen molar-refractivity contribution < 1.29 is 53.2 Å². The summed E-state index contributed by atoms with van der Waals surface area (Å²) >= 11 is 0. The van der Waals surface area contributed by atoms with Crippen molar-refractivity contribution in [2.24, 2.45) is 5.41 Å². The first-order valence-corrected chi connectivity index (χ1v) is 23.7. The summed E-state index contributed by atoms with van der Waals surface area (Å²) in [6.45, 7) is 9.67. The second-order valence-corrected chi connectivity index (χ2v) is 19.3. The highest BCUT2D eigenvalue weighted by Crippen LogP contribution is 2.59. The zero-order valence-corrected chi connectivity index (χ0v) is 38.3. The average Bonchev–Trinajstić information content (AvgIpc) is 3.99. The smallest absolute Gasteiger partial charge is 0.327 e. The number of likely N-dealkylation sites (tertiary alicyclic amines) is 1. The number of benzene rings is 2. The van der Waals surface area contributed by atoms with Gasteiger partial charge >= 0.3 is 11.9 Å². The maximum Gasteiger partial charge on any atom is 0.327 e. The molecule has 7 rings (SSSR count). The lowest BCUT2D eigenvalue weighted by atomic mass is 9.62. The number of unbranched alkanes of at least 4 members (excludes halogenated alkanes) is 4. The van der Waals surface area contributed by atoms with Crippen molar-refractivity contribution in [2.45, 2.75) is 185 Å². The molecule has 14 nitrogen and oxygen atoms in total. The number of allylic oxidation sites excluding steroid dienone is 1. The quantitative estimate of drug-likeness (QED) is 0.0953. The van der Waals surface area contributed by atoms with Gasteiger partial charge in [0.05, 0.1) is 19.2 Å². The number of fused-ring (bicyclic) bond motifs is 4. The Morgan fingerprint density at radius 1 is 0.969 bits per heavy atom. The van der Waals surface area contributed by atoms with Gasteiger partial charge < -0.3 is 39.4 Å². The molecule has 4 aliphatic heterocycles. The monoisotopic (exact) mass is 887 g/mol. The number of hydroxylamine groups is 2. The highest BCUT2D eigenvalue weighted by molar-refractivity contribution is 5.96. The van der Waals surface area contributed by atoms with E-state index in [1.807, 2.05) is 48.6 Å². The number of amides is 2. The van der Waals surface area contributed by atoms with Gasteiger partial charge in [-0.3, -0.25) is 24.0 Å². The minimum Gasteiger partial charge on any atom is -0.508 e. The maximum absolute atomic E-state index is 15.7. The van der Waals surface area contributed by atoms with Crippen molar-refractivity contribution >= 4 is 29.8 Å². The third-order valence-electron chi connectivity index (χ3n) is 13.5. The Morgan fingerprint density at radius 2 is 1.66 bits per heavy atom. The third-order valence-corrected chi connectivity index (χ3v) is 13.5. The van der Waals surface area contributed by atoms with Gasteiger partial charge in [-0.2, -0.15) is 5.06 Å². The highest BCUT2D eigenvalue weighted by atomic mass is 16.8. The van der Waals surface area contributed by atoms with E-state index < -0.39 is 83.8 Å². The number of nitrogens with zero attached hydrogens (tertiary/aromatic N) is 2. The van der Waals surface area contributed by atoms with E-state index in [4.69, 9.17) is 23.8 Å². The third kappa shape index (κ3) is 10.2. The zero-order valence-electron chi connectivity index (χ0n) is 38.3. The van der Waals surface area contributed by atoms with E-state index >= 15 is 4.79 Å². The van der Waals surface area contributed by atoms with Crippen molar-refractivity contribution in [3.05, 3.63) is 71.3 Å². The van der Waals surface area contributed by atoms with Gasteiger partial charge in [0.25, 0.3) is 0 Å². The number of hydrogen-bond donors (Lipinski definition) is 3. The summed E-state index contributed by atoms with van der Waals surface area (Å²) in [5, 5.41) is 25.1. The van der Waals surface area contributed by atoms with Gasteiger partial charge in [-0.05, 0) is 82.1 Å². The van der Waals surface area contributed by atoms with Crippen LogP contribution in [0.15, 0.2) is 54.6 Å². The fraction of sp³-hybridized carbons (Fsp3) is 0.640. The Bertz CT molecular complexity index is 1990. The van der Waals surface area contributed by atoms with E-state index in [2.05, 4.69) is 19.2 Å². The number of aliphatic hydroxyl groups excluding tert-OH is 1. The van der Waals surface area contributed by atoms with Crippen molar-refractivity contribution in [2.75, 3.05) is 13.2 Å². The van der Waals surface area contributed by atoms with Gasteiger partial charge in [-0.15, -0.1) is 0 Å². The largest absolute Gasteiger partial charge is 0.508 e. The van der Waals surface area contributed by atoms with Crippen molar-refractivity contribution in [1.82, 2.24) is 15.3 Å². The molecular formula is C50H69N3O11. The molecule has 5 fully saturated rings. The summed E-state index contributed by atoms with van der Waals surface area (Å²) in [4.78, 5) is 65.5. The number of para-hydroxylation sites is 1. The van der Waals surface area contributed by atoms with Crippen LogP contribution >= 0.6 is 0 Å². The number of phenols is 1. The predicted molar refractivity (Wildman–Crippen MR) is 238 cm³/mol. The molecule has 1 aliphatic carbocycles. The first-order chi connectivity index (χ1) is 30.7. The minimum absolute atomic E-state index is 0.00221. The molecule has 64 heavy (non-hydrogen) atoms. The summed E-state index contributed by atoms with van der Waals surface area (Å²) in [7, 11) is 0. The van der Waals surface area contributed by atoms with Gasteiger partial charge in [0, 0.05) is 32.2 Å². The minimum atomic E-state index is -1.47. The molecule has 8 atom stereocenters. The zero-order chi connectivity index (χ0) is 45.6. The standard InChI is InChI=1S/C50H69N3O11/c1-6-8-14-27-49(28-15-9-7-2)62-41-39-30-50(47(59)52-29-17-23-37(52)45(57)51-36(32-54)25-26-40(56)61-48(3,4)5)43(46(58)60-39)53(64-44(50)42(41)63-49)31-35-20-11-10-18-33(35)21-16-22-34-19-12-13-24-38(34)55/h10-13,16,18-21,24,36-37,39,41-44,54-55H,6-9,14-15,17,22-23,25-32H2,1-5H3,(H,51,57). The number of esters is 2. The van der Waals surface area contributed by atoms with Crippen molar-refractivity contribution in [3.63, 3.8) is 0 Å². The number of nitrogens with one attached hydrogen (secondary N) is 1. The Labute approximate surface area is 377 Å². The van der Waals surface area contributed by atoms with Crippen LogP contribution in [0.1, 0.15) is 135 Å². The lowest BCUT2D eigenvalue weighted by molar-refractivity contribution is -0.225. The van der Waals surface area contributed by atoms with Crippen LogP contribution in [-0.2, 0) is 55.9 Å². The highest BCUT2D eigenvalue weighted by Gasteiger charge is 2.77. The van der Waals surface area contributed by atoms with E-state index in [9.17, 15) is 24.6 Å². The molecule has 5 aliphatic rings.